The Labute approximate surface area is 152 Å². The number of anilines is 1. The van der Waals surface area contributed by atoms with Gasteiger partial charge in [-0.25, -0.2) is 4.98 Å². The second kappa shape index (κ2) is 6.44. The van der Waals surface area contributed by atoms with Gasteiger partial charge in [-0.2, -0.15) is 5.10 Å². The summed E-state index contributed by atoms with van der Waals surface area (Å²) < 4.78 is 1.81. The van der Waals surface area contributed by atoms with Gasteiger partial charge in [0, 0.05) is 53.5 Å². The summed E-state index contributed by atoms with van der Waals surface area (Å²) in [6, 6.07) is 12.3. The predicted molar refractivity (Wildman–Crippen MR) is 106 cm³/mol. The van der Waals surface area contributed by atoms with E-state index in [2.05, 4.69) is 45.2 Å². The molecule has 3 aromatic heterocycles. The Morgan fingerprint density at radius 1 is 1.00 bits per heavy atom. The van der Waals surface area contributed by atoms with E-state index in [0.29, 0.717) is 0 Å². The highest BCUT2D eigenvalue weighted by Crippen LogP contribution is 2.26. The van der Waals surface area contributed by atoms with Gasteiger partial charge in [0.05, 0.1) is 6.20 Å². The van der Waals surface area contributed by atoms with Crippen LogP contribution in [0.2, 0.25) is 0 Å². The highest BCUT2D eigenvalue weighted by molar-refractivity contribution is 5.89. The van der Waals surface area contributed by atoms with E-state index in [4.69, 9.17) is 0 Å². The van der Waals surface area contributed by atoms with Crippen molar-refractivity contribution in [2.24, 2.45) is 7.05 Å². The van der Waals surface area contributed by atoms with Crippen LogP contribution in [-0.4, -0.2) is 19.7 Å². The molecule has 3 heterocycles. The molecular weight excluding hydrogens is 322 g/mol. The van der Waals surface area contributed by atoms with Crippen LogP contribution in [0.1, 0.15) is 11.3 Å². The number of hydrogen-bond donors (Lipinski definition) is 1. The van der Waals surface area contributed by atoms with Crippen LogP contribution in [0, 0.1) is 6.92 Å². The van der Waals surface area contributed by atoms with Crippen molar-refractivity contribution in [3.63, 3.8) is 0 Å². The summed E-state index contributed by atoms with van der Waals surface area (Å²) in [5.41, 5.74) is 4.98. The smallest absolute Gasteiger partial charge is 0.130 e. The van der Waals surface area contributed by atoms with Crippen LogP contribution in [0.4, 0.5) is 5.82 Å². The molecule has 26 heavy (non-hydrogen) atoms. The van der Waals surface area contributed by atoms with E-state index in [9.17, 15) is 0 Å². The molecule has 4 rings (SSSR count). The zero-order chi connectivity index (χ0) is 18.1. The Hall–Kier alpha value is -3.47. The van der Waals surface area contributed by atoms with E-state index in [1.807, 2.05) is 50.8 Å². The highest BCUT2D eigenvalue weighted by atomic mass is 15.2. The summed E-state index contributed by atoms with van der Waals surface area (Å²) in [5.74, 6) is 0.764. The lowest BCUT2D eigenvalue weighted by Gasteiger charge is -2.10. The standard InChI is InChI=1S/C21H19N5/c1-14-8-16(6-7-22-14)15(2)25-21-10-19-9-17(4-5-18(19)11-23-21)20-12-24-26(3)13-20/h4-13H,2H2,1,3H3,(H,23,25). The van der Waals surface area contributed by atoms with Crippen molar-refractivity contribution in [1.29, 1.82) is 0 Å². The van der Waals surface area contributed by atoms with Crippen molar-refractivity contribution in [2.75, 3.05) is 5.32 Å². The lowest BCUT2D eigenvalue weighted by molar-refractivity contribution is 0.768. The average Bonchev–Trinajstić information content (AvgIpc) is 3.07. The number of aryl methyl sites for hydroxylation is 2. The minimum absolute atomic E-state index is 0.764. The lowest BCUT2D eigenvalue weighted by atomic mass is 10.0. The quantitative estimate of drug-likeness (QED) is 0.597. The minimum atomic E-state index is 0.764. The fourth-order valence-electron chi connectivity index (χ4n) is 2.92. The van der Waals surface area contributed by atoms with E-state index in [-0.39, 0.29) is 0 Å². The van der Waals surface area contributed by atoms with Gasteiger partial charge in [0.1, 0.15) is 5.82 Å². The minimum Gasteiger partial charge on any atom is -0.340 e. The molecule has 0 saturated carbocycles. The van der Waals surface area contributed by atoms with E-state index in [1.54, 1.807) is 10.9 Å². The lowest BCUT2D eigenvalue weighted by Crippen LogP contribution is -2.00. The Morgan fingerprint density at radius 2 is 1.88 bits per heavy atom. The van der Waals surface area contributed by atoms with Crippen molar-refractivity contribution < 1.29 is 0 Å². The van der Waals surface area contributed by atoms with Crippen LogP contribution >= 0.6 is 0 Å². The highest BCUT2D eigenvalue weighted by Gasteiger charge is 2.05. The van der Waals surface area contributed by atoms with Gasteiger partial charge in [-0.1, -0.05) is 18.7 Å². The first-order valence-corrected chi connectivity index (χ1v) is 8.36. The molecule has 0 unspecified atom stereocenters. The van der Waals surface area contributed by atoms with Crippen molar-refractivity contribution in [1.82, 2.24) is 19.7 Å². The zero-order valence-corrected chi connectivity index (χ0v) is 14.8. The third-order valence-corrected chi connectivity index (χ3v) is 4.28. The molecule has 5 nitrogen and oxygen atoms in total. The monoisotopic (exact) mass is 341 g/mol. The normalized spacial score (nSPS) is 10.8. The molecule has 5 heteroatoms. The van der Waals surface area contributed by atoms with Crippen molar-refractivity contribution in [2.45, 2.75) is 6.92 Å². The molecule has 4 aromatic rings. The Morgan fingerprint density at radius 3 is 2.65 bits per heavy atom. The molecule has 0 aliphatic rings. The predicted octanol–water partition coefficient (Wildman–Crippen LogP) is 4.42. The van der Waals surface area contributed by atoms with Crippen LogP contribution in [-0.2, 0) is 7.05 Å². The molecule has 0 radical (unpaired) electrons. The molecule has 0 atom stereocenters. The third-order valence-electron chi connectivity index (χ3n) is 4.28. The molecule has 0 aliphatic heterocycles. The van der Waals surface area contributed by atoms with Gasteiger partial charge in [0.15, 0.2) is 0 Å². The van der Waals surface area contributed by atoms with Gasteiger partial charge in [-0.05, 0) is 42.1 Å². The summed E-state index contributed by atoms with van der Waals surface area (Å²) >= 11 is 0. The van der Waals surface area contributed by atoms with E-state index in [0.717, 1.165) is 44.7 Å². The molecule has 1 aromatic carbocycles. The number of fused-ring (bicyclic) bond motifs is 1. The van der Waals surface area contributed by atoms with Crippen molar-refractivity contribution in [3.05, 3.63) is 79.0 Å². The summed E-state index contributed by atoms with van der Waals surface area (Å²) in [7, 11) is 1.92. The summed E-state index contributed by atoms with van der Waals surface area (Å²) in [6.07, 6.45) is 7.53. The van der Waals surface area contributed by atoms with Gasteiger partial charge >= 0.3 is 0 Å². The number of pyridine rings is 2. The van der Waals surface area contributed by atoms with E-state index < -0.39 is 0 Å². The Kier molecular flexibility index (Phi) is 3.97. The zero-order valence-electron chi connectivity index (χ0n) is 14.8. The first kappa shape index (κ1) is 16.0. The Bertz CT molecular complexity index is 1110. The van der Waals surface area contributed by atoms with Crippen LogP contribution in [0.5, 0.6) is 0 Å². The van der Waals surface area contributed by atoms with Gasteiger partial charge < -0.3 is 5.32 Å². The van der Waals surface area contributed by atoms with Crippen LogP contribution in [0.3, 0.4) is 0 Å². The second-order valence-corrected chi connectivity index (χ2v) is 6.32. The number of hydrogen-bond acceptors (Lipinski definition) is 4. The number of benzene rings is 1. The fraction of sp³-hybridized carbons (Fsp3) is 0.0952. The summed E-state index contributed by atoms with van der Waals surface area (Å²) in [5, 5.41) is 9.74. The topological polar surface area (TPSA) is 55.6 Å². The molecule has 0 amide bonds. The van der Waals surface area contributed by atoms with Gasteiger partial charge in [-0.3, -0.25) is 9.67 Å². The molecule has 0 saturated heterocycles. The SMILES string of the molecule is C=C(Nc1cc2cc(-c3cnn(C)c3)ccc2cn1)c1ccnc(C)c1. The van der Waals surface area contributed by atoms with Gasteiger partial charge in [-0.15, -0.1) is 0 Å². The largest absolute Gasteiger partial charge is 0.340 e. The summed E-state index contributed by atoms with van der Waals surface area (Å²) in [6.45, 7) is 6.08. The summed E-state index contributed by atoms with van der Waals surface area (Å²) in [4.78, 5) is 8.72. The van der Waals surface area contributed by atoms with Gasteiger partial charge in [0.25, 0.3) is 0 Å². The number of aromatic nitrogens is 4. The molecule has 128 valence electrons. The molecule has 1 N–H and O–H groups in total. The van der Waals surface area contributed by atoms with E-state index >= 15 is 0 Å². The van der Waals surface area contributed by atoms with Crippen LogP contribution in [0.25, 0.3) is 27.6 Å². The van der Waals surface area contributed by atoms with Crippen molar-refractivity contribution >= 4 is 22.3 Å². The van der Waals surface area contributed by atoms with Crippen LogP contribution in [0.15, 0.2) is 67.8 Å². The maximum absolute atomic E-state index is 4.50. The Balaban J connectivity index is 1.65. The number of nitrogens with one attached hydrogen (secondary N) is 1. The molecule has 0 bridgehead atoms. The maximum Gasteiger partial charge on any atom is 0.130 e. The van der Waals surface area contributed by atoms with Crippen molar-refractivity contribution in [3.8, 4) is 11.1 Å². The number of rotatable bonds is 4. The molecular formula is C21H19N5. The molecule has 0 spiro atoms. The number of nitrogens with zero attached hydrogens (tertiary/aromatic N) is 4. The molecule has 0 aliphatic carbocycles. The molecule has 0 fully saturated rings. The first-order chi connectivity index (χ1) is 12.6. The maximum atomic E-state index is 4.50. The van der Waals surface area contributed by atoms with E-state index in [1.165, 1.54) is 0 Å². The fourth-order valence-corrected chi connectivity index (χ4v) is 2.92. The first-order valence-electron chi connectivity index (χ1n) is 8.36. The second-order valence-electron chi connectivity index (χ2n) is 6.32. The van der Waals surface area contributed by atoms with Gasteiger partial charge in [0.2, 0.25) is 0 Å². The average molecular weight is 341 g/mol. The third kappa shape index (κ3) is 3.19. The van der Waals surface area contributed by atoms with Crippen LogP contribution < -0.4 is 5.32 Å².